The van der Waals surface area contributed by atoms with Crippen molar-refractivity contribution < 1.29 is 28.2 Å². The van der Waals surface area contributed by atoms with E-state index in [1.54, 1.807) is 6.07 Å². The van der Waals surface area contributed by atoms with E-state index in [1.807, 2.05) is 42.7 Å². The van der Waals surface area contributed by atoms with Crippen molar-refractivity contribution in [3.8, 4) is 11.5 Å². The molecule has 6 nitrogen and oxygen atoms in total. The summed E-state index contributed by atoms with van der Waals surface area (Å²) in [4.78, 5) is 24.7. The number of carbonyl (C=O) groups is 2. The average molecular weight is 423 g/mol. The SMILES string of the molecule is Cc1cc(C(=O)COC(=O)c2ccccc2F)c(C)n1C[C@@H]1COc2ccccc2O1. The second-order valence-corrected chi connectivity index (χ2v) is 7.37. The molecule has 0 saturated heterocycles. The monoisotopic (exact) mass is 423 g/mol. The Bertz CT molecular complexity index is 1140. The Morgan fingerprint density at radius 3 is 2.55 bits per heavy atom. The number of ether oxygens (including phenoxy) is 3. The van der Waals surface area contributed by atoms with Crippen LogP contribution in [0.1, 0.15) is 32.1 Å². The van der Waals surface area contributed by atoms with Crippen LogP contribution < -0.4 is 9.47 Å². The lowest BCUT2D eigenvalue weighted by Gasteiger charge is -2.27. The largest absolute Gasteiger partial charge is 0.486 e. The molecule has 0 saturated carbocycles. The van der Waals surface area contributed by atoms with Gasteiger partial charge in [0.1, 0.15) is 12.4 Å². The third kappa shape index (κ3) is 4.30. The zero-order valence-electron chi connectivity index (χ0n) is 17.3. The van der Waals surface area contributed by atoms with Gasteiger partial charge < -0.3 is 18.8 Å². The maximum atomic E-state index is 13.7. The van der Waals surface area contributed by atoms with Crippen LogP contribution in [0.4, 0.5) is 4.39 Å². The molecule has 31 heavy (non-hydrogen) atoms. The first-order valence-electron chi connectivity index (χ1n) is 9.94. The standard InChI is InChI=1S/C24H22FNO5/c1-15-11-19(21(27)14-30-24(28)18-7-3-4-8-20(18)25)16(2)26(15)12-17-13-29-22-9-5-6-10-23(22)31-17/h3-11,17H,12-14H2,1-2H3/t17-/m1/s1. The highest BCUT2D eigenvalue weighted by molar-refractivity contribution is 6.00. The number of Topliss-reactive ketones (excluding diaryl/α,β-unsaturated/α-hetero) is 1. The molecule has 0 bridgehead atoms. The Labute approximate surface area is 179 Å². The van der Waals surface area contributed by atoms with Crippen molar-refractivity contribution in [2.45, 2.75) is 26.5 Å². The van der Waals surface area contributed by atoms with Crippen LogP contribution in [0.3, 0.4) is 0 Å². The summed E-state index contributed by atoms with van der Waals surface area (Å²) in [7, 11) is 0. The number of nitrogens with zero attached hydrogens (tertiary/aromatic N) is 1. The first kappa shape index (κ1) is 20.7. The van der Waals surface area contributed by atoms with Crippen LogP contribution >= 0.6 is 0 Å². The molecule has 0 unspecified atom stereocenters. The van der Waals surface area contributed by atoms with Gasteiger partial charge in [-0.1, -0.05) is 24.3 Å². The fourth-order valence-corrected chi connectivity index (χ4v) is 3.63. The number of halogens is 1. The van der Waals surface area contributed by atoms with Crippen LogP contribution in [0.5, 0.6) is 11.5 Å². The van der Waals surface area contributed by atoms with Gasteiger partial charge in [-0.25, -0.2) is 9.18 Å². The van der Waals surface area contributed by atoms with E-state index in [-0.39, 0.29) is 17.5 Å². The molecule has 160 valence electrons. The van der Waals surface area contributed by atoms with E-state index in [2.05, 4.69) is 0 Å². The van der Waals surface area contributed by atoms with E-state index in [0.717, 1.165) is 11.4 Å². The molecular weight excluding hydrogens is 401 g/mol. The Hall–Kier alpha value is -3.61. The lowest BCUT2D eigenvalue weighted by molar-refractivity contribution is 0.0469. The van der Waals surface area contributed by atoms with Gasteiger partial charge >= 0.3 is 5.97 Å². The minimum atomic E-state index is -0.869. The molecule has 0 N–H and O–H groups in total. The lowest BCUT2D eigenvalue weighted by Crippen LogP contribution is -2.33. The quantitative estimate of drug-likeness (QED) is 0.441. The molecule has 2 aromatic carbocycles. The number of ketones is 1. The average Bonchev–Trinajstić information content (AvgIpc) is 3.06. The van der Waals surface area contributed by atoms with E-state index in [4.69, 9.17) is 14.2 Å². The molecule has 4 rings (SSSR count). The van der Waals surface area contributed by atoms with Gasteiger partial charge in [0.05, 0.1) is 12.1 Å². The predicted octanol–water partition coefficient (Wildman–Crippen LogP) is 4.12. The van der Waals surface area contributed by atoms with Gasteiger partial charge in [-0.2, -0.15) is 0 Å². The third-order valence-corrected chi connectivity index (χ3v) is 5.26. The molecule has 3 aromatic rings. The number of aryl methyl sites for hydroxylation is 1. The number of rotatable bonds is 6. The van der Waals surface area contributed by atoms with Crippen LogP contribution in [-0.2, 0) is 11.3 Å². The maximum absolute atomic E-state index is 13.7. The van der Waals surface area contributed by atoms with Gasteiger partial charge in [-0.05, 0) is 44.2 Å². The van der Waals surface area contributed by atoms with Gasteiger partial charge in [0.2, 0.25) is 5.78 Å². The molecule has 7 heteroatoms. The maximum Gasteiger partial charge on any atom is 0.341 e. The van der Waals surface area contributed by atoms with E-state index in [1.165, 1.54) is 24.3 Å². The zero-order valence-corrected chi connectivity index (χ0v) is 17.3. The highest BCUT2D eigenvalue weighted by atomic mass is 19.1. The van der Waals surface area contributed by atoms with E-state index < -0.39 is 18.4 Å². The van der Waals surface area contributed by atoms with Crippen molar-refractivity contribution in [1.82, 2.24) is 4.57 Å². The molecule has 1 aromatic heterocycles. The molecule has 0 fully saturated rings. The molecular formula is C24H22FNO5. The van der Waals surface area contributed by atoms with Gasteiger partial charge in [0, 0.05) is 17.0 Å². The summed E-state index contributed by atoms with van der Waals surface area (Å²) in [5.74, 6) is -0.499. The van der Waals surface area contributed by atoms with E-state index in [0.29, 0.717) is 30.2 Å². The van der Waals surface area contributed by atoms with Crippen molar-refractivity contribution in [3.63, 3.8) is 0 Å². The van der Waals surface area contributed by atoms with Crippen LogP contribution in [0.15, 0.2) is 54.6 Å². The molecule has 0 spiro atoms. The summed E-state index contributed by atoms with van der Waals surface area (Å²) in [6, 6.07) is 14.7. The zero-order chi connectivity index (χ0) is 22.0. The molecule has 2 heterocycles. The van der Waals surface area contributed by atoms with E-state index >= 15 is 0 Å². The summed E-state index contributed by atoms with van der Waals surface area (Å²) in [6.45, 7) is 4.17. The van der Waals surface area contributed by atoms with Crippen molar-refractivity contribution in [2.24, 2.45) is 0 Å². The van der Waals surface area contributed by atoms with Crippen LogP contribution in [-0.4, -0.2) is 35.6 Å². The summed E-state index contributed by atoms with van der Waals surface area (Å²) >= 11 is 0. The van der Waals surface area contributed by atoms with Crippen molar-refractivity contribution in [1.29, 1.82) is 0 Å². The third-order valence-electron chi connectivity index (χ3n) is 5.26. The number of carbonyl (C=O) groups excluding carboxylic acids is 2. The highest BCUT2D eigenvalue weighted by Gasteiger charge is 2.24. The molecule has 1 aliphatic heterocycles. The second kappa shape index (κ2) is 8.63. The summed E-state index contributed by atoms with van der Waals surface area (Å²) in [5, 5.41) is 0. The Morgan fingerprint density at radius 2 is 1.77 bits per heavy atom. The van der Waals surface area contributed by atoms with Crippen LogP contribution in [0.25, 0.3) is 0 Å². The van der Waals surface area contributed by atoms with Crippen molar-refractivity contribution in [3.05, 3.63) is 82.9 Å². The number of esters is 1. The lowest BCUT2D eigenvalue weighted by atomic mass is 10.1. The number of hydrogen-bond acceptors (Lipinski definition) is 5. The van der Waals surface area contributed by atoms with E-state index in [9.17, 15) is 14.0 Å². The Balaban J connectivity index is 1.42. The number of benzene rings is 2. The summed E-state index contributed by atoms with van der Waals surface area (Å²) in [5.41, 5.74) is 1.88. The topological polar surface area (TPSA) is 66.8 Å². The summed E-state index contributed by atoms with van der Waals surface area (Å²) in [6.07, 6.45) is -0.207. The number of aromatic nitrogens is 1. The van der Waals surface area contributed by atoms with Gasteiger partial charge in [0.25, 0.3) is 0 Å². The Kier molecular flexibility index (Phi) is 5.75. The summed E-state index contributed by atoms with van der Waals surface area (Å²) < 4.78 is 32.5. The number of hydrogen-bond donors (Lipinski definition) is 0. The molecule has 0 radical (unpaired) electrons. The number of fused-ring (bicyclic) bond motifs is 1. The van der Waals surface area contributed by atoms with Crippen molar-refractivity contribution in [2.75, 3.05) is 13.2 Å². The second-order valence-electron chi connectivity index (χ2n) is 7.37. The smallest absolute Gasteiger partial charge is 0.341 e. The first-order valence-corrected chi connectivity index (χ1v) is 9.94. The minimum absolute atomic E-state index is 0.199. The molecule has 0 aliphatic carbocycles. The fourth-order valence-electron chi connectivity index (χ4n) is 3.63. The molecule has 0 amide bonds. The predicted molar refractivity (Wildman–Crippen MR) is 111 cm³/mol. The van der Waals surface area contributed by atoms with Gasteiger partial charge in [-0.3, -0.25) is 4.79 Å². The van der Waals surface area contributed by atoms with Crippen molar-refractivity contribution >= 4 is 11.8 Å². The Morgan fingerprint density at radius 1 is 1.06 bits per heavy atom. The van der Waals surface area contributed by atoms with Crippen LogP contribution in [0.2, 0.25) is 0 Å². The van der Waals surface area contributed by atoms with Gasteiger partial charge in [0.15, 0.2) is 24.2 Å². The van der Waals surface area contributed by atoms with Crippen LogP contribution in [0, 0.1) is 19.7 Å². The normalized spacial score (nSPS) is 14.9. The molecule has 1 aliphatic rings. The minimum Gasteiger partial charge on any atom is -0.486 e. The fraction of sp³-hybridized carbons (Fsp3) is 0.250. The van der Waals surface area contributed by atoms with Gasteiger partial charge in [-0.15, -0.1) is 0 Å². The highest BCUT2D eigenvalue weighted by Crippen LogP contribution is 2.31. The first-order chi connectivity index (χ1) is 14.9. The molecule has 1 atom stereocenters. The number of para-hydroxylation sites is 2.